The Morgan fingerprint density at radius 1 is 1.06 bits per heavy atom. The molecular weight excluding hydrogens is 472 g/mol. The van der Waals surface area contributed by atoms with Gasteiger partial charge in [-0.15, -0.1) is 0 Å². The van der Waals surface area contributed by atoms with Crippen LogP contribution in [-0.4, -0.2) is 41.7 Å². The quantitative estimate of drug-likeness (QED) is 0.411. The van der Waals surface area contributed by atoms with E-state index in [9.17, 15) is 13.2 Å². The van der Waals surface area contributed by atoms with E-state index in [0.29, 0.717) is 47.0 Å². The number of imidazole rings is 1. The van der Waals surface area contributed by atoms with E-state index in [4.69, 9.17) is 11.6 Å². The first-order chi connectivity index (χ1) is 16.4. The molecule has 0 bridgehead atoms. The third-order valence-corrected chi connectivity index (χ3v) is 8.08. The lowest BCUT2D eigenvalue weighted by molar-refractivity contribution is -0.120. The number of sulfonamides is 1. The van der Waals surface area contributed by atoms with E-state index in [1.807, 2.05) is 30.3 Å². The van der Waals surface area contributed by atoms with Gasteiger partial charge in [0.25, 0.3) is 0 Å². The molecule has 5 rings (SSSR count). The Labute approximate surface area is 202 Å². The first-order valence-electron chi connectivity index (χ1n) is 11.0. The Bertz CT molecular complexity index is 1450. The minimum atomic E-state index is -3.77. The number of nitrogens with zero attached hydrogens (tertiary/aromatic N) is 2. The van der Waals surface area contributed by atoms with E-state index in [1.54, 1.807) is 42.5 Å². The molecule has 2 N–H and O–H groups in total. The maximum absolute atomic E-state index is 13.4. The van der Waals surface area contributed by atoms with Gasteiger partial charge in [-0.05, 0) is 49.2 Å². The van der Waals surface area contributed by atoms with Crippen LogP contribution in [0.4, 0.5) is 5.69 Å². The highest BCUT2D eigenvalue weighted by Crippen LogP contribution is 2.28. The van der Waals surface area contributed by atoms with Gasteiger partial charge in [0.2, 0.25) is 15.9 Å². The Balaban J connectivity index is 1.35. The van der Waals surface area contributed by atoms with Crippen LogP contribution in [0.15, 0.2) is 77.7 Å². The smallest absolute Gasteiger partial charge is 0.243 e. The Kier molecular flexibility index (Phi) is 6.12. The summed E-state index contributed by atoms with van der Waals surface area (Å²) in [6.45, 7) is 0.505. The van der Waals surface area contributed by atoms with Crippen LogP contribution < -0.4 is 5.32 Å². The number of hydrogen-bond donors (Lipinski definition) is 2. The highest BCUT2D eigenvalue weighted by molar-refractivity contribution is 7.89. The second-order valence-electron chi connectivity index (χ2n) is 8.33. The summed E-state index contributed by atoms with van der Waals surface area (Å²) in [7, 11) is -3.77. The fraction of sp³-hybridized carbons (Fsp3) is 0.200. The van der Waals surface area contributed by atoms with Gasteiger partial charge in [-0.2, -0.15) is 4.31 Å². The molecule has 0 radical (unpaired) electrons. The van der Waals surface area contributed by atoms with Crippen molar-refractivity contribution < 1.29 is 13.2 Å². The third-order valence-electron chi connectivity index (χ3n) is 5.99. The number of H-pyrrole nitrogens is 1. The summed E-state index contributed by atoms with van der Waals surface area (Å²) < 4.78 is 28.2. The second kappa shape index (κ2) is 9.21. The molecule has 1 amide bonds. The zero-order valence-electron chi connectivity index (χ0n) is 18.2. The lowest BCUT2D eigenvalue weighted by atomic mass is 9.99. The van der Waals surface area contributed by atoms with Gasteiger partial charge in [0.1, 0.15) is 5.82 Å². The van der Waals surface area contributed by atoms with Crippen LogP contribution in [0.25, 0.3) is 22.4 Å². The Hall–Kier alpha value is -3.20. The first-order valence-corrected chi connectivity index (χ1v) is 12.8. The number of nitrogens with one attached hydrogen (secondary N) is 2. The number of aromatic nitrogens is 2. The maximum atomic E-state index is 13.4. The molecular formula is C25H23ClN4O3S. The molecule has 0 aliphatic carbocycles. The van der Waals surface area contributed by atoms with Crippen molar-refractivity contribution >= 4 is 44.3 Å². The summed E-state index contributed by atoms with van der Waals surface area (Å²) in [6, 6.07) is 21.5. The SMILES string of the molecule is O=C(Nc1cccc(Cl)c1)[C@H]1CCCN(S(=O)(=O)c2ccc3nc(-c4ccccc4)[nH]c3c2)C1. The average molecular weight is 495 g/mol. The molecule has 0 unspecified atom stereocenters. The zero-order chi connectivity index (χ0) is 23.7. The Morgan fingerprint density at radius 3 is 2.68 bits per heavy atom. The van der Waals surface area contributed by atoms with Crippen molar-refractivity contribution in [3.63, 3.8) is 0 Å². The number of amides is 1. The summed E-state index contributed by atoms with van der Waals surface area (Å²) in [5, 5.41) is 3.37. The minimum Gasteiger partial charge on any atom is -0.338 e. The predicted octanol–water partition coefficient (Wildman–Crippen LogP) is 4.92. The molecule has 4 aromatic rings. The highest BCUT2D eigenvalue weighted by Gasteiger charge is 2.33. The van der Waals surface area contributed by atoms with E-state index < -0.39 is 15.9 Å². The molecule has 7 nitrogen and oxygen atoms in total. The van der Waals surface area contributed by atoms with Gasteiger partial charge in [0.05, 0.1) is 21.8 Å². The number of carbonyl (C=O) groups is 1. The summed E-state index contributed by atoms with van der Waals surface area (Å²) in [4.78, 5) is 20.8. The van der Waals surface area contributed by atoms with Crippen LogP contribution >= 0.6 is 11.6 Å². The number of benzene rings is 3. The van der Waals surface area contributed by atoms with Crippen molar-refractivity contribution in [2.24, 2.45) is 5.92 Å². The molecule has 0 spiro atoms. The maximum Gasteiger partial charge on any atom is 0.243 e. The highest BCUT2D eigenvalue weighted by atomic mass is 35.5. The molecule has 1 saturated heterocycles. The molecule has 9 heteroatoms. The summed E-state index contributed by atoms with van der Waals surface area (Å²) in [5.41, 5.74) is 2.85. The molecule has 1 fully saturated rings. The molecule has 1 aliphatic heterocycles. The normalized spacial score (nSPS) is 17.0. The van der Waals surface area contributed by atoms with Gasteiger partial charge < -0.3 is 10.3 Å². The fourth-order valence-corrected chi connectivity index (χ4v) is 5.96. The predicted molar refractivity (Wildman–Crippen MR) is 133 cm³/mol. The van der Waals surface area contributed by atoms with Gasteiger partial charge in [-0.1, -0.05) is 48.0 Å². The third kappa shape index (κ3) is 4.57. The lowest BCUT2D eigenvalue weighted by Crippen LogP contribution is -2.43. The summed E-state index contributed by atoms with van der Waals surface area (Å²) >= 11 is 6.00. The molecule has 3 aromatic carbocycles. The minimum absolute atomic E-state index is 0.130. The number of rotatable bonds is 5. The summed E-state index contributed by atoms with van der Waals surface area (Å²) in [5.74, 6) is 0.0302. The number of halogens is 1. The number of carbonyl (C=O) groups excluding carboxylic acids is 1. The van der Waals surface area contributed by atoms with Gasteiger partial charge in [-0.3, -0.25) is 4.79 Å². The second-order valence-corrected chi connectivity index (χ2v) is 10.7. The number of fused-ring (bicyclic) bond motifs is 1. The average Bonchev–Trinajstić information content (AvgIpc) is 3.28. The van der Waals surface area contributed by atoms with Crippen LogP contribution in [-0.2, 0) is 14.8 Å². The number of hydrogen-bond acceptors (Lipinski definition) is 4. The molecule has 1 aromatic heterocycles. The largest absolute Gasteiger partial charge is 0.338 e. The van der Waals surface area contributed by atoms with Crippen molar-refractivity contribution in [2.75, 3.05) is 18.4 Å². The first kappa shape index (κ1) is 22.6. The van der Waals surface area contributed by atoms with Crippen molar-refractivity contribution in [3.8, 4) is 11.4 Å². The van der Waals surface area contributed by atoms with Crippen LogP contribution in [0.3, 0.4) is 0 Å². The van der Waals surface area contributed by atoms with Gasteiger partial charge >= 0.3 is 0 Å². The van der Waals surface area contributed by atoms with Gasteiger partial charge in [-0.25, -0.2) is 13.4 Å². The molecule has 2 heterocycles. The topological polar surface area (TPSA) is 95.2 Å². The van der Waals surface area contributed by atoms with Crippen LogP contribution in [0.1, 0.15) is 12.8 Å². The number of aromatic amines is 1. The summed E-state index contributed by atoms with van der Waals surface area (Å²) in [6.07, 6.45) is 1.23. The number of piperidine rings is 1. The molecule has 0 saturated carbocycles. The number of anilines is 1. The lowest BCUT2D eigenvalue weighted by Gasteiger charge is -2.31. The monoisotopic (exact) mass is 494 g/mol. The van der Waals surface area contributed by atoms with Crippen molar-refractivity contribution in [2.45, 2.75) is 17.7 Å². The molecule has 1 aliphatic rings. The van der Waals surface area contributed by atoms with Gasteiger partial charge in [0.15, 0.2) is 0 Å². The van der Waals surface area contributed by atoms with E-state index in [0.717, 1.165) is 5.56 Å². The van der Waals surface area contributed by atoms with E-state index in [-0.39, 0.29) is 17.3 Å². The standard InChI is InChI=1S/C25H23ClN4O3S/c26-19-9-4-10-20(14-19)27-25(31)18-8-5-13-30(16-18)34(32,33)21-11-12-22-23(15-21)29-24(28-22)17-6-2-1-3-7-17/h1-4,6-7,9-12,14-15,18H,5,8,13,16H2,(H,27,31)(H,28,29)/t18-/m0/s1. The van der Waals surface area contributed by atoms with E-state index >= 15 is 0 Å². The molecule has 174 valence electrons. The van der Waals surface area contributed by atoms with Gasteiger partial charge in [0, 0.05) is 29.4 Å². The molecule has 1 atom stereocenters. The van der Waals surface area contributed by atoms with Crippen molar-refractivity contribution in [1.29, 1.82) is 0 Å². The van der Waals surface area contributed by atoms with E-state index in [1.165, 1.54) is 4.31 Å². The van der Waals surface area contributed by atoms with Crippen LogP contribution in [0.2, 0.25) is 5.02 Å². The Morgan fingerprint density at radius 2 is 1.88 bits per heavy atom. The fourth-order valence-electron chi connectivity index (χ4n) is 4.22. The van der Waals surface area contributed by atoms with Crippen LogP contribution in [0.5, 0.6) is 0 Å². The zero-order valence-corrected chi connectivity index (χ0v) is 19.8. The van der Waals surface area contributed by atoms with E-state index in [2.05, 4.69) is 15.3 Å². The van der Waals surface area contributed by atoms with Crippen molar-refractivity contribution in [3.05, 3.63) is 77.8 Å². The van der Waals surface area contributed by atoms with Crippen LogP contribution in [0, 0.1) is 5.92 Å². The molecule has 34 heavy (non-hydrogen) atoms. The van der Waals surface area contributed by atoms with Crippen molar-refractivity contribution in [1.82, 2.24) is 14.3 Å².